The van der Waals surface area contributed by atoms with E-state index in [9.17, 15) is 0 Å². The Balaban J connectivity index is 2.39. The Morgan fingerprint density at radius 2 is 1.83 bits per heavy atom. The summed E-state index contributed by atoms with van der Waals surface area (Å²) in [4.78, 5) is 0. The van der Waals surface area contributed by atoms with Crippen LogP contribution in [0.5, 0.6) is 0 Å². The first kappa shape index (κ1) is 15.2. The topological polar surface area (TPSA) is 18.5 Å². The molecule has 0 bridgehead atoms. The largest absolute Gasteiger partial charge is 0.347 e. The minimum absolute atomic E-state index is 0.533. The smallest absolute Gasteiger partial charge is 0.185 e. The van der Waals surface area contributed by atoms with Crippen LogP contribution in [0.3, 0.4) is 0 Å². The molecule has 1 saturated heterocycles. The molecule has 1 heterocycles. The third-order valence-electron chi connectivity index (χ3n) is 2.94. The maximum atomic E-state index is 5.61. The van der Waals surface area contributed by atoms with Gasteiger partial charge in [-0.1, -0.05) is 29.4 Å². The molecule has 0 radical (unpaired) electrons. The highest BCUT2D eigenvalue weighted by Gasteiger charge is 2.24. The van der Waals surface area contributed by atoms with Gasteiger partial charge in [-0.05, 0) is 53.0 Å². The Kier molecular flexibility index (Phi) is 6.37. The fourth-order valence-corrected chi connectivity index (χ4v) is 1.81. The minimum Gasteiger partial charge on any atom is -0.347 e. The van der Waals surface area contributed by atoms with E-state index in [-0.39, 0.29) is 0 Å². The predicted octanol–water partition coefficient (Wildman–Crippen LogP) is 4.39. The molecular formula is C16H26O2. The Labute approximate surface area is 111 Å². The standard InChI is InChI=1S/C16H26O2/c1-14(2)8-5-9-15(3)10-6-11-16(4)17-12-7-13-18-16/h6,8,10-11H,5,7,9,12-13H2,1-4H3. The number of hydrogen-bond donors (Lipinski definition) is 0. The second-order valence-electron chi connectivity index (χ2n) is 5.26. The summed E-state index contributed by atoms with van der Waals surface area (Å²) in [5, 5.41) is 0. The molecule has 0 amide bonds. The summed E-state index contributed by atoms with van der Waals surface area (Å²) in [6.07, 6.45) is 11.7. The zero-order chi connectivity index (χ0) is 13.4. The Morgan fingerprint density at radius 1 is 1.17 bits per heavy atom. The summed E-state index contributed by atoms with van der Waals surface area (Å²) >= 11 is 0. The number of hydrogen-bond acceptors (Lipinski definition) is 2. The zero-order valence-electron chi connectivity index (χ0n) is 12.2. The predicted molar refractivity (Wildman–Crippen MR) is 76.5 cm³/mol. The molecule has 0 unspecified atom stereocenters. The summed E-state index contributed by atoms with van der Waals surface area (Å²) in [5.41, 5.74) is 2.76. The molecule has 2 nitrogen and oxygen atoms in total. The van der Waals surface area contributed by atoms with E-state index in [1.165, 1.54) is 11.1 Å². The lowest BCUT2D eigenvalue weighted by molar-refractivity contribution is -0.224. The SMILES string of the molecule is CC(C)=CCCC(C)=CC=CC1(C)OCCCO1. The van der Waals surface area contributed by atoms with E-state index in [0.717, 1.165) is 32.5 Å². The van der Waals surface area contributed by atoms with E-state index in [2.05, 4.69) is 32.9 Å². The van der Waals surface area contributed by atoms with Gasteiger partial charge < -0.3 is 9.47 Å². The van der Waals surface area contributed by atoms with Crippen LogP contribution >= 0.6 is 0 Å². The van der Waals surface area contributed by atoms with Gasteiger partial charge in [0.1, 0.15) is 0 Å². The van der Waals surface area contributed by atoms with Crippen molar-refractivity contribution < 1.29 is 9.47 Å². The van der Waals surface area contributed by atoms with Gasteiger partial charge >= 0.3 is 0 Å². The minimum atomic E-state index is -0.533. The second-order valence-corrected chi connectivity index (χ2v) is 5.26. The second kappa shape index (κ2) is 7.55. The van der Waals surface area contributed by atoms with Crippen molar-refractivity contribution in [2.45, 2.75) is 52.7 Å². The van der Waals surface area contributed by atoms with Gasteiger partial charge in [0.2, 0.25) is 0 Å². The highest BCUT2D eigenvalue weighted by atomic mass is 16.7. The summed E-state index contributed by atoms with van der Waals surface area (Å²) in [6, 6.07) is 0. The molecular weight excluding hydrogens is 224 g/mol. The molecule has 102 valence electrons. The summed E-state index contributed by atoms with van der Waals surface area (Å²) < 4.78 is 11.2. The van der Waals surface area contributed by atoms with Crippen molar-refractivity contribution in [2.24, 2.45) is 0 Å². The maximum absolute atomic E-state index is 5.61. The number of ether oxygens (including phenoxy) is 2. The van der Waals surface area contributed by atoms with Gasteiger partial charge in [0.25, 0.3) is 0 Å². The van der Waals surface area contributed by atoms with E-state index in [1.807, 2.05) is 19.1 Å². The van der Waals surface area contributed by atoms with Crippen LogP contribution in [-0.2, 0) is 9.47 Å². The number of allylic oxidation sites excluding steroid dienone is 5. The zero-order valence-corrected chi connectivity index (χ0v) is 12.2. The fourth-order valence-electron chi connectivity index (χ4n) is 1.81. The quantitative estimate of drug-likeness (QED) is 0.532. The van der Waals surface area contributed by atoms with E-state index >= 15 is 0 Å². The van der Waals surface area contributed by atoms with Gasteiger partial charge in [-0.2, -0.15) is 0 Å². The van der Waals surface area contributed by atoms with Gasteiger partial charge in [-0.3, -0.25) is 0 Å². The van der Waals surface area contributed by atoms with Crippen molar-refractivity contribution in [3.8, 4) is 0 Å². The molecule has 0 N–H and O–H groups in total. The van der Waals surface area contributed by atoms with E-state index in [1.54, 1.807) is 0 Å². The van der Waals surface area contributed by atoms with Crippen molar-refractivity contribution in [2.75, 3.05) is 13.2 Å². The Morgan fingerprint density at radius 3 is 2.44 bits per heavy atom. The molecule has 0 aromatic heterocycles. The van der Waals surface area contributed by atoms with Crippen LogP contribution in [0.25, 0.3) is 0 Å². The molecule has 18 heavy (non-hydrogen) atoms. The van der Waals surface area contributed by atoms with Crippen LogP contribution in [0.4, 0.5) is 0 Å². The summed E-state index contributed by atoms with van der Waals surface area (Å²) in [5.74, 6) is -0.533. The van der Waals surface area contributed by atoms with Crippen molar-refractivity contribution in [3.63, 3.8) is 0 Å². The van der Waals surface area contributed by atoms with Gasteiger partial charge in [0.05, 0.1) is 13.2 Å². The lowest BCUT2D eigenvalue weighted by Crippen LogP contribution is -2.35. The molecule has 1 fully saturated rings. The summed E-state index contributed by atoms with van der Waals surface area (Å²) in [6.45, 7) is 9.96. The summed E-state index contributed by atoms with van der Waals surface area (Å²) in [7, 11) is 0. The molecule has 0 aromatic carbocycles. The van der Waals surface area contributed by atoms with E-state index < -0.39 is 5.79 Å². The van der Waals surface area contributed by atoms with Crippen LogP contribution in [0.2, 0.25) is 0 Å². The van der Waals surface area contributed by atoms with Gasteiger partial charge in [-0.25, -0.2) is 0 Å². The fraction of sp³-hybridized carbons (Fsp3) is 0.625. The first-order valence-corrected chi connectivity index (χ1v) is 6.78. The van der Waals surface area contributed by atoms with Gasteiger partial charge in [0, 0.05) is 0 Å². The Hall–Kier alpha value is -0.860. The highest BCUT2D eigenvalue weighted by molar-refractivity contribution is 5.13. The van der Waals surface area contributed by atoms with Crippen LogP contribution in [-0.4, -0.2) is 19.0 Å². The lowest BCUT2D eigenvalue weighted by Gasteiger charge is -2.30. The Bertz CT molecular complexity index is 327. The highest BCUT2D eigenvalue weighted by Crippen LogP contribution is 2.19. The van der Waals surface area contributed by atoms with Crippen LogP contribution in [0, 0.1) is 0 Å². The van der Waals surface area contributed by atoms with Crippen molar-refractivity contribution >= 4 is 0 Å². The van der Waals surface area contributed by atoms with Crippen molar-refractivity contribution in [1.29, 1.82) is 0 Å². The van der Waals surface area contributed by atoms with Gasteiger partial charge in [0.15, 0.2) is 5.79 Å². The molecule has 1 aliphatic heterocycles. The molecule has 0 atom stereocenters. The molecule has 0 spiro atoms. The van der Waals surface area contributed by atoms with Crippen LogP contribution in [0.15, 0.2) is 35.5 Å². The third-order valence-corrected chi connectivity index (χ3v) is 2.94. The first-order chi connectivity index (χ1) is 8.52. The van der Waals surface area contributed by atoms with E-state index in [0.29, 0.717) is 0 Å². The molecule has 2 heteroatoms. The molecule has 0 aliphatic carbocycles. The van der Waals surface area contributed by atoms with E-state index in [4.69, 9.17) is 9.47 Å². The molecule has 1 aliphatic rings. The normalized spacial score (nSPS) is 20.1. The monoisotopic (exact) mass is 250 g/mol. The number of rotatable bonds is 5. The van der Waals surface area contributed by atoms with Crippen LogP contribution < -0.4 is 0 Å². The molecule has 0 aromatic rings. The van der Waals surface area contributed by atoms with Crippen molar-refractivity contribution in [1.82, 2.24) is 0 Å². The first-order valence-electron chi connectivity index (χ1n) is 6.78. The maximum Gasteiger partial charge on any atom is 0.185 e. The van der Waals surface area contributed by atoms with Crippen LogP contribution in [0.1, 0.15) is 47.0 Å². The average Bonchev–Trinajstić information content (AvgIpc) is 2.29. The molecule has 1 rings (SSSR count). The molecule has 0 saturated carbocycles. The third kappa shape index (κ3) is 6.18. The van der Waals surface area contributed by atoms with Gasteiger partial charge in [-0.15, -0.1) is 0 Å². The van der Waals surface area contributed by atoms with Crippen molar-refractivity contribution in [3.05, 3.63) is 35.5 Å². The average molecular weight is 250 g/mol. The lowest BCUT2D eigenvalue weighted by atomic mass is 10.1.